The number of aryl methyl sites for hydroxylation is 2. The lowest BCUT2D eigenvalue weighted by Crippen LogP contribution is -2.50. The molecule has 1 aliphatic rings. The third kappa shape index (κ3) is 5.48. The number of nitrogens with two attached hydrogens (primary N) is 1. The second-order valence-electron chi connectivity index (χ2n) is 9.73. The zero-order chi connectivity index (χ0) is 25.3. The van der Waals surface area contributed by atoms with Crippen molar-refractivity contribution in [3.8, 4) is 0 Å². The van der Waals surface area contributed by atoms with Gasteiger partial charge in [0.1, 0.15) is 5.82 Å². The molecule has 35 heavy (non-hydrogen) atoms. The van der Waals surface area contributed by atoms with Crippen molar-refractivity contribution >= 4 is 33.9 Å². The Kier molecular flexibility index (Phi) is 7.12. The number of carbonyl (C=O) groups excluding carboxylic acids is 1. The number of pyridine rings is 1. The summed E-state index contributed by atoms with van der Waals surface area (Å²) in [6.45, 7) is 9.01. The SMILES string of the molecule is Cc1cc(N[C@H](C)c2cc(N)cc(C)c2F)c2cc(N3CCN(C(=O)CN(C)C)CC3)ccc2n1. The van der Waals surface area contributed by atoms with Gasteiger partial charge in [-0.25, -0.2) is 4.39 Å². The van der Waals surface area contributed by atoms with Crippen LogP contribution in [0.5, 0.6) is 0 Å². The van der Waals surface area contributed by atoms with Crippen LogP contribution in [0.2, 0.25) is 0 Å². The topological polar surface area (TPSA) is 77.7 Å². The monoisotopic (exact) mass is 478 g/mol. The highest BCUT2D eigenvalue weighted by atomic mass is 19.1. The highest BCUT2D eigenvalue weighted by Gasteiger charge is 2.22. The number of anilines is 3. The van der Waals surface area contributed by atoms with E-state index in [1.807, 2.05) is 49.9 Å². The molecule has 0 radical (unpaired) electrons. The van der Waals surface area contributed by atoms with E-state index in [0.29, 0.717) is 36.4 Å². The Morgan fingerprint density at radius 1 is 1.14 bits per heavy atom. The van der Waals surface area contributed by atoms with E-state index in [1.165, 1.54) is 0 Å². The molecule has 1 aromatic heterocycles. The fraction of sp³-hybridized carbons (Fsp3) is 0.407. The van der Waals surface area contributed by atoms with Gasteiger partial charge in [-0.05, 0) is 76.8 Å². The molecule has 1 fully saturated rings. The second-order valence-corrected chi connectivity index (χ2v) is 9.73. The molecule has 2 heterocycles. The Bertz CT molecular complexity index is 1240. The molecular formula is C27H35FN6O. The van der Waals surface area contributed by atoms with Gasteiger partial charge in [0, 0.05) is 59.9 Å². The van der Waals surface area contributed by atoms with Crippen LogP contribution in [0.15, 0.2) is 36.4 Å². The van der Waals surface area contributed by atoms with Crippen LogP contribution in [0.1, 0.15) is 29.8 Å². The van der Waals surface area contributed by atoms with Gasteiger partial charge < -0.3 is 25.8 Å². The largest absolute Gasteiger partial charge is 0.399 e. The van der Waals surface area contributed by atoms with E-state index in [9.17, 15) is 9.18 Å². The number of piperazine rings is 1. The number of halogens is 1. The van der Waals surface area contributed by atoms with Crippen LogP contribution in [-0.2, 0) is 4.79 Å². The van der Waals surface area contributed by atoms with Crippen LogP contribution in [0.4, 0.5) is 21.5 Å². The summed E-state index contributed by atoms with van der Waals surface area (Å²) in [7, 11) is 3.82. The van der Waals surface area contributed by atoms with Crippen molar-refractivity contribution in [3.63, 3.8) is 0 Å². The van der Waals surface area contributed by atoms with Crippen LogP contribution < -0.4 is 16.0 Å². The van der Waals surface area contributed by atoms with Gasteiger partial charge in [0.05, 0.1) is 18.1 Å². The predicted molar refractivity (Wildman–Crippen MR) is 141 cm³/mol. The molecular weight excluding hydrogens is 443 g/mol. The molecule has 0 unspecified atom stereocenters. The van der Waals surface area contributed by atoms with Gasteiger partial charge in [-0.15, -0.1) is 0 Å². The van der Waals surface area contributed by atoms with Crippen LogP contribution in [0, 0.1) is 19.7 Å². The fourth-order valence-corrected chi connectivity index (χ4v) is 4.70. The van der Waals surface area contributed by atoms with Gasteiger partial charge in [0.15, 0.2) is 0 Å². The minimum absolute atomic E-state index is 0.164. The summed E-state index contributed by atoms with van der Waals surface area (Å²) in [6.07, 6.45) is 0. The smallest absolute Gasteiger partial charge is 0.236 e. The molecule has 3 N–H and O–H groups in total. The summed E-state index contributed by atoms with van der Waals surface area (Å²) < 4.78 is 14.8. The van der Waals surface area contributed by atoms with Crippen LogP contribution in [-0.4, -0.2) is 67.5 Å². The van der Waals surface area contributed by atoms with E-state index < -0.39 is 0 Å². The summed E-state index contributed by atoms with van der Waals surface area (Å²) in [5.41, 5.74) is 11.4. The van der Waals surface area contributed by atoms with Gasteiger partial charge in [0.2, 0.25) is 5.91 Å². The maximum atomic E-state index is 14.8. The molecule has 1 aliphatic heterocycles. The van der Waals surface area contributed by atoms with Crippen molar-refractivity contribution in [2.24, 2.45) is 0 Å². The molecule has 8 heteroatoms. The average Bonchev–Trinajstić information content (AvgIpc) is 2.80. The Morgan fingerprint density at radius 2 is 1.86 bits per heavy atom. The summed E-state index contributed by atoms with van der Waals surface area (Å²) >= 11 is 0. The van der Waals surface area contributed by atoms with Crippen molar-refractivity contribution in [3.05, 3.63) is 59.0 Å². The van der Waals surface area contributed by atoms with E-state index in [-0.39, 0.29) is 17.8 Å². The molecule has 1 atom stereocenters. The molecule has 7 nitrogen and oxygen atoms in total. The summed E-state index contributed by atoms with van der Waals surface area (Å²) in [5, 5.41) is 4.47. The fourth-order valence-electron chi connectivity index (χ4n) is 4.70. The molecule has 4 rings (SSSR count). The first kappa shape index (κ1) is 24.7. The quantitative estimate of drug-likeness (QED) is 0.523. The lowest BCUT2D eigenvalue weighted by molar-refractivity contribution is -0.132. The van der Waals surface area contributed by atoms with Crippen molar-refractivity contribution in [1.29, 1.82) is 0 Å². The first-order valence-electron chi connectivity index (χ1n) is 12.0. The number of nitrogens with zero attached hydrogens (tertiary/aromatic N) is 4. The Labute approximate surface area is 206 Å². The third-order valence-corrected chi connectivity index (χ3v) is 6.51. The van der Waals surface area contributed by atoms with E-state index >= 15 is 0 Å². The van der Waals surface area contributed by atoms with Crippen molar-refractivity contribution in [2.45, 2.75) is 26.8 Å². The molecule has 0 aliphatic carbocycles. The van der Waals surface area contributed by atoms with Crippen LogP contribution in [0.3, 0.4) is 0 Å². The van der Waals surface area contributed by atoms with Crippen LogP contribution >= 0.6 is 0 Å². The van der Waals surface area contributed by atoms with Gasteiger partial charge >= 0.3 is 0 Å². The number of hydrogen-bond donors (Lipinski definition) is 2. The molecule has 3 aromatic rings. The zero-order valence-corrected chi connectivity index (χ0v) is 21.2. The minimum Gasteiger partial charge on any atom is -0.399 e. The van der Waals surface area contributed by atoms with E-state index in [4.69, 9.17) is 10.7 Å². The Balaban J connectivity index is 1.58. The number of aromatic nitrogens is 1. The number of amides is 1. The minimum atomic E-state index is -0.280. The van der Waals surface area contributed by atoms with Gasteiger partial charge in [0.25, 0.3) is 0 Å². The molecule has 0 bridgehead atoms. The normalized spacial score (nSPS) is 15.1. The number of nitrogen functional groups attached to an aromatic ring is 1. The summed E-state index contributed by atoms with van der Waals surface area (Å²) in [5.74, 6) is -0.0750. The average molecular weight is 479 g/mol. The van der Waals surface area contributed by atoms with Gasteiger partial charge in [-0.2, -0.15) is 0 Å². The number of hydrogen-bond acceptors (Lipinski definition) is 6. The Morgan fingerprint density at radius 3 is 2.54 bits per heavy atom. The summed E-state index contributed by atoms with van der Waals surface area (Å²) in [4.78, 5) is 23.2. The zero-order valence-electron chi connectivity index (χ0n) is 21.2. The third-order valence-electron chi connectivity index (χ3n) is 6.51. The van der Waals surface area contributed by atoms with Crippen molar-refractivity contribution in [1.82, 2.24) is 14.8 Å². The van der Waals surface area contributed by atoms with E-state index in [0.717, 1.165) is 41.1 Å². The van der Waals surface area contributed by atoms with Crippen molar-refractivity contribution < 1.29 is 9.18 Å². The molecule has 0 spiro atoms. The van der Waals surface area contributed by atoms with E-state index in [2.05, 4.69) is 22.3 Å². The standard InChI is InChI=1S/C27H35FN6O/c1-17-12-20(29)14-22(27(17)28)19(3)31-25-13-18(2)30-24-7-6-21(15-23(24)25)33-8-10-34(11-9-33)26(35)16-32(4)5/h6-7,12-15,19H,8-11,16,29H2,1-5H3,(H,30,31)/t19-/m1/s1. The summed E-state index contributed by atoms with van der Waals surface area (Å²) in [6, 6.07) is 11.3. The molecule has 186 valence electrons. The molecule has 1 amide bonds. The van der Waals surface area contributed by atoms with Crippen LogP contribution in [0.25, 0.3) is 10.9 Å². The highest BCUT2D eigenvalue weighted by Crippen LogP contribution is 2.32. The van der Waals surface area contributed by atoms with Crippen molar-refractivity contribution in [2.75, 3.05) is 62.8 Å². The lowest BCUT2D eigenvalue weighted by atomic mass is 10.0. The second kappa shape index (κ2) is 10.1. The number of likely N-dealkylation sites (N-methyl/N-ethyl adjacent to an activating group) is 1. The number of carbonyl (C=O) groups is 1. The number of rotatable bonds is 6. The maximum Gasteiger partial charge on any atom is 0.236 e. The number of benzene rings is 2. The first-order chi connectivity index (χ1) is 16.6. The predicted octanol–water partition coefficient (Wildman–Crippen LogP) is 3.96. The van der Waals surface area contributed by atoms with Gasteiger partial charge in [-0.3, -0.25) is 9.78 Å². The molecule has 0 saturated carbocycles. The highest BCUT2D eigenvalue weighted by molar-refractivity contribution is 5.94. The molecule has 1 saturated heterocycles. The first-order valence-corrected chi connectivity index (χ1v) is 12.0. The Hall–Kier alpha value is -3.39. The lowest BCUT2D eigenvalue weighted by Gasteiger charge is -2.36. The number of fused-ring (bicyclic) bond motifs is 1. The maximum absolute atomic E-state index is 14.8. The number of nitrogens with one attached hydrogen (secondary N) is 1. The van der Waals surface area contributed by atoms with E-state index in [1.54, 1.807) is 19.1 Å². The van der Waals surface area contributed by atoms with Gasteiger partial charge in [-0.1, -0.05) is 0 Å². The molecule has 2 aromatic carbocycles.